The first kappa shape index (κ1) is 30.8. The third kappa shape index (κ3) is 7.19. The van der Waals surface area contributed by atoms with Gasteiger partial charge in [0.15, 0.2) is 0 Å². The summed E-state index contributed by atoms with van der Waals surface area (Å²) in [4.78, 5) is 29.2. The zero-order valence-electron chi connectivity index (χ0n) is 23.8. The highest BCUT2D eigenvalue weighted by atomic mass is 35.5. The molecule has 9 heteroatoms. The SMILES string of the molecule is CNC(=O)C(Cc1ccccc1)N(Cc1ccccc1Cl)C(=O)CN(c1cc(C)ccc1C)S(=O)(=O)c1ccccc1. The predicted octanol–water partition coefficient (Wildman–Crippen LogP) is 5.54. The lowest BCUT2D eigenvalue weighted by molar-refractivity contribution is -0.139. The van der Waals surface area contributed by atoms with Crippen molar-refractivity contribution in [1.82, 2.24) is 10.2 Å². The Morgan fingerprint density at radius 1 is 0.857 bits per heavy atom. The summed E-state index contributed by atoms with van der Waals surface area (Å²) < 4.78 is 29.3. The van der Waals surface area contributed by atoms with Crippen molar-refractivity contribution in [3.63, 3.8) is 0 Å². The van der Waals surface area contributed by atoms with Crippen molar-refractivity contribution in [3.8, 4) is 0 Å². The van der Waals surface area contributed by atoms with Crippen molar-refractivity contribution in [3.05, 3.63) is 130 Å². The van der Waals surface area contributed by atoms with Crippen LogP contribution < -0.4 is 9.62 Å². The van der Waals surface area contributed by atoms with E-state index in [2.05, 4.69) is 5.32 Å². The highest BCUT2D eigenvalue weighted by molar-refractivity contribution is 7.92. The molecule has 4 rings (SSSR count). The minimum Gasteiger partial charge on any atom is -0.357 e. The van der Waals surface area contributed by atoms with Crippen LogP contribution in [0.4, 0.5) is 5.69 Å². The Hall–Kier alpha value is -4.14. The Labute approximate surface area is 252 Å². The second-order valence-electron chi connectivity index (χ2n) is 10.0. The average molecular weight is 604 g/mol. The fraction of sp³-hybridized carbons (Fsp3) is 0.212. The number of hydrogen-bond acceptors (Lipinski definition) is 4. The van der Waals surface area contributed by atoms with E-state index in [1.165, 1.54) is 24.1 Å². The number of carbonyl (C=O) groups excluding carboxylic acids is 2. The normalized spacial score (nSPS) is 11.9. The topological polar surface area (TPSA) is 86.8 Å². The number of aryl methyl sites for hydroxylation is 2. The summed E-state index contributed by atoms with van der Waals surface area (Å²) in [6.45, 7) is 3.16. The zero-order valence-corrected chi connectivity index (χ0v) is 25.4. The van der Waals surface area contributed by atoms with E-state index in [4.69, 9.17) is 11.6 Å². The molecule has 1 unspecified atom stereocenters. The van der Waals surface area contributed by atoms with Crippen LogP contribution >= 0.6 is 11.6 Å². The first-order valence-electron chi connectivity index (χ1n) is 13.5. The highest BCUT2D eigenvalue weighted by Gasteiger charge is 2.35. The van der Waals surface area contributed by atoms with Crippen LogP contribution in [-0.2, 0) is 32.6 Å². The summed E-state index contributed by atoms with van der Waals surface area (Å²) in [7, 11) is -2.64. The van der Waals surface area contributed by atoms with E-state index in [9.17, 15) is 18.0 Å². The molecule has 1 atom stereocenters. The first-order chi connectivity index (χ1) is 20.1. The molecule has 4 aromatic carbocycles. The molecule has 0 saturated carbocycles. The van der Waals surface area contributed by atoms with E-state index in [0.29, 0.717) is 21.8 Å². The Balaban J connectivity index is 1.82. The van der Waals surface area contributed by atoms with Crippen LogP contribution in [0.15, 0.2) is 108 Å². The molecule has 0 aliphatic rings. The summed E-state index contributed by atoms with van der Waals surface area (Å²) in [6.07, 6.45) is 0.228. The fourth-order valence-corrected chi connectivity index (χ4v) is 6.44. The maximum Gasteiger partial charge on any atom is 0.264 e. The van der Waals surface area contributed by atoms with Gasteiger partial charge in [0.1, 0.15) is 12.6 Å². The zero-order chi connectivity index (χ0) is 30.3. The van der Waals surface area contributed by atoms with Gasteiger partial charge in [-0.25, -0.2) is 8.42 Å². The van der Waals surface area contributed by atoms with Gasteiger partial charge in [0.2, 0.25) is 11.8 Å². The van der Waals surface area contributed by atoms with Gasteiger partial charge in [0.05, 0.1) is 10.6 Å². The largest absolute Gasteiger partial charge is 0.357 e. The lowest BCUT2D eigenvalue weighted by atomic mass is 10.0. The molecule has 0 bridgehead atoms. The number of nitrogens with one attached hydrogen (secondary N) is 1. The summed E-state index contributed by atoms with van der Waals surface area (Å²) >= 11 is 6.50. The standard InChI is InChI=1S/C33H34ClN3O4S/c1-24-18-19-25(2)30(20-24)37(42(40,41)28-15-8-5-9-16-28)23-32(38)36(22-27-14-10-11-17-29(27)34)31(33(39)35-3)21-26-12-6-4-7-13-26/h4-20,31H,21-23H2,1-3H3,(H,35,39). The van der Waals surface area contributed by atoms with Crippen molar-refractivity contribution in [1.29, 1.82) is 0 Å². The van der Waals surface area contributed by atoms with Crippen LogP contribution in [0.5, 0.6) is 0 Å². The van der Waals surface area contributed by atoms with Crippen molar-refractivity contribution in [2.75, 3.05) is 17.9 Å². The van der Waals surface area contributed by atoms with Gasteiger partial charge in [-0.1, -0.05) is 90.5 Å². The Morgan fingerprint density at radius 2 is 1.48 bits per heavy atom. The highest BCUT2D eigenvalue weighted by Crippen LogP contribution is 2.29. The number of anilines is 1. The maximum absolute atomic E-state index is 14.4. The molecule has 218 valence electrons. The quantitative estimate of drug-likeness (QED) is 0.244. The molecule has 0 aliphatic carbocycles. The Morgan fingerprint density at radius 3 is 2.12 bits per heavy atom. The van der Waals surface area contributed by atoms with E-state index in [0.717, 1.165) is 15.4 Å². The van der Waals surface area contributed by atoms with E-state index in [1.54, 1.807) is 55.5 Å². The molecule has 2 amide bonds. The van der Waals surface area contributed by atoms with E-state index in [1.807, 2.05) is 49.4 Å². The summed E-state index contributed by atoms with van der Waals surface area (Å²) in [5.41, 5.74) is 3.42. The van der Waals surface area contributed by atoms with Gasteiger partial charge in [-0.3, -0.25) is 13.9 Å². The van der Waals surface area contributed by atoms with Gasteiger partial charge >= 0.3 is 0 Å². The van der Waals surface area contributed by atoms with Gasteiger partial charge in [-0.2, -0.15) is 0 Å². The van der Waals surface area contributed by atoms with Crippen LogP contribution in [0.1, 0.15) is 22.3 Å². The summed E-state index contributed by atoms with van der Waals surface area (Å²) in [5, 5.41) is 3.12. The monoisotopic (exact) mass is 603 g/mol. The molecule has 0 saturated heterocycles. The van der Waals surface area contributed by atoms with E-state index < -0.39 is 28.5 Å². The molecule has 0 radical (unpaired) electrons. The van der Waals surface area contributed by atoms with Gasteiger partial charge in [0, 0.05) is 25.0 Å². The lowest BCUT2D eigenvalue weighted by Crippen LogP contribution is -2.53. The summed E-state index contributed by atoms with van der Waals surface area (Å²) in [5.74, 6) is -0.914. The molecule has 1 N–H and O–H groups in total. The molecule has 42 heavy (non-hydrogen) atoms. The van der Waals surface area contributed by atoms with Crippen LogP contribution in [0.2, 0.25) is 5.02 Å². The minimum absolute atomic E-state index is 0.00938. The molecular formula is C33H34ClN3O4S. The van der Waals surface area contributed by atoms with Gasteiger partial charge in [0.25, 0.3) is 10.0 Å². The second kappa shape index (κ2) is 13.7. The Kier molecular flexibility index (Phi) is 10.0. The van der Waals surface area contributed by atoms with E-state index in [-0.39, 0.29) is 23.8 Å². The molecule has 0 spiro atoms. The third-order valence-electron chi connectivity index (χ3n) is 7.06. The van der Waals surface area contributed by atoms with Crippen LogP contribution in [0.25, 0.3) is 0 Å². The first-order valence-corrected chi connectivity index (χ1v) is 15.4. The smallest absolute Gasteiger partial charge is 0.264 e. The number of likely N-dealkylation sites (N-methyl/N-ethyl adjacent to an activating group) is 1. The lowest BCUT2D eigenvalue weighted by Gasteiger charge is -2.34. The third-order valence-corrected chi connectivity index (χ3v) is 9.20. The summed E-state index contributed by atoms with van der Waals surface area (Å²) in [6, 6.07) is 29.0. The molecular weight excluding hydrogens is 570 g/mol. The fourth-order valence-electron chi connectivity index (χ4n) is 4.75. The number of halogens is 1. The molecule has 0 aliphatic heterocycles. The van der Waals surface area contributed by atoms with Crippen molar-refractivity contribution in [2.24, 2.45) is 0 Å². The number of nitrogens with zero attached hydrogens (tertiary/aromatic N) is 2. The predicted molar refractivity (Wildman–Crippen MR) is 167 cm³/mol. The number of hydrogen-bond donors (Lipinski definition) is 1. The minimum atomic E-state index is -4.15. The molecule has 0 aromatic heterocycles. The van der Waals surface area contributed by atoms with Gasteiger partial charge in [-0.05, 0) is 60.4 Å². The van der Waals surface area contributed by atoms with Crippen LogP contribution in [0.3, 0.4) is 0 Å². The molecule has 7 nitrogen and oxygen atoms in total. The number of benzene rings is 4. The molecule has 0 heterocycles. The van der Waals surface area contributed by atoms with Gasteiger partial charge in [-0.15, -0.1) is 0 Å². The van der Waals surface area contributed by atoms with Crippen molar-refractivity contribution in [2.45, 2.75) is 37.8 Å². The van der Waals surface area contributed by atoms with Gasteiger partial charge < -0.3 is 10.2 Å². The van der Waals surface area contributed by atoms with E-state index >= 15 is 0 Å². The van der Waals surface area contributed by atoms with Crippen molar-refractivity contribution >= 4 is 39.1 Å². The molecule has 0 fully saturated rings. The Bertz CT molecular complexity index is 1650. The number of carbonyl (C=O) groups is 2. The average Bonchev–Trinajstić information content (AvgIpc) is 3.00. The molecule has 4 aromatic rings. The maximum atomic E-state index is 14.4. The second-order valence-corrected chi connectivity index (χ2v) is 12.3. The number of amides is 2. The number of sulfonamides is 1. The van der Waals surface area contributed by atoms with Crippen LogP contribution in [-0.4, -0.2) is 44.8 Å². The van der Waals surface area contributed by atoms with Crippen molar-refractivity contribution < 1.29 is 18.0 Å². The van der Waals surface area contributed by atoms with Crippen LogP contribution in [0, 0.1) is 13.8 Å². The number of rotatable bonds is 11.